The summed E-state index contributed by atoms with van der Waals surface area (Å²) in [7, 11) is 3.39. The van der Waals surface area contributed by atoms with Gasteiger partial charge in [-0.1, -0.05) is 11.6 Å². The van der Waals surface area contributed by atoms with Gasteiger partial charge in [0.2, 0.25) is 0 Å². The van der Waals surface area contributed by atoms with Crippen molar-refractivity contribution in [2.45, 2.75) is 0 Å². The maximum absolute atomic E-state index is 10.6. The van der Waals surface area contributed by atoms with Gasteiger partial charge in [-0.2, -0.15) is 5.10 Å². The Labute approximate surface area is 136 Å². The minimum Gasteiger partial charge on any atom is -0.398 e. The van der Waals surface area contributed by atoms with Gasteiger partial charge in [0, 0.05) is 31.6 Å². The minimum absolute atomic E-state index is 0.0595. The van der Waals surface area contributed by atoms with Gasteiger partial charge in [-0.25, -0.2) is 0 Å². The largest absolute Gasteiger partial charge is 0.398 e. The van der Waals surface area contributed by atoms with E-state index in [2.05, 4.69) is 26.0 Å². The van der Waals surface area contributed by atoms with E-state index in [-0.39, 0.29) is 15.4 Å². The Morgan fingerprint density at radius 3 is 2.71 bits per heavy atom. The highest BCUT2D eigenvalue weighted by Crippen LogP contribution is 2.20. The van der Waals surface area contributed by atoms with Crippen LogP contribution in [0.15, 0.2) is 39.0 Å². The molecule has 0 saturated carbocycles. The number of hydrogen-bond donors (Lipinski definition) is 2. The normalized spacial score (nSPS) is 13.2. The second-order valence-electron chi connectivity index (χ2n) is 3.99. The average molecular weight is 373 g/mol. The maximum atomic E-state index is 10.6. The monoisotopic (exact) mass is 371 g/mol. The van der Waals surface area contributed by atoms with Crippen molar-refractivity contribution in [2.24, 2.45) is 15.8 Å². The Balaban J connectivity index is 3.12. The van der Waals surface area contributed by atoms with Crippen LogP contribution in [0.2, 0.25) is 0 Å². The molecule has 0 spiro atoms. The predicted octanol–water partition coefficient (Wildman–Crippen LogP) is 2.07. The van der Waals surface area contributed by atoms with Crippen LogP contribution in [-0.4, -0.2) is 31.2 Å². The summed E-state index contributed by atoms with van der Waals surface area (Å²) >= 11 is 8.83. The predicted molar refractivity (Wildman–Crippen MR) is 92.3 cm³/mol. The first kappa shape index (κ1) is 17.2. The lowest BCUT2D eigenvalue weighted by molar-refractivity contribution is -0.104. The summed E-state index contributed by atoms with van der Waals surface area (Å²) in [6.45, 7) is 0. The van der Waals surface area contributed by atoms with E-state index < -0.39 is 0 Å². The lowest BCUT2D eigenvalue weighted by Gasteiger charge is -2.15. The highest BCUT2D eigenvalue weighted by molar-refractivity contribution is 9.18. The van der Waals surface area contributed by atoms with E-state index >= 15 is 0 Å². The van der Waals surface area contributed by atoms with Crippen LogP contribution in [0.1, 0.15) is 5.56 Å². The van der Waals surface area contributed by atoms with E-state index in [0.717, 1.165) is 11.3 Å². The Morgan fingerprint density at radius 2 is 2.14 bits per heavy atom. The number of nitrogens with two attached hydrogens (primary N) is 2. The zero-order valence-corrected chi connectivity index (χ0v) is 13.9. The third-order valence-electron chi connectivity index (χ3n) is 2.53. The van der Waals surface area contributed by atoms with Crippen LogP contribution >= 0.6 is 27.5 Å². The zero-order valence-electron chi connectivity index (χ0n) is 11.5. The molecule has 1 rings (SSSR count). The number of rotatable bonds is 5. The van der Waals surface area contributed by atoms with Gasteiger partial charge in [0.25, 0.3) is 0 Å². The number of hydrazone groups is 1. The van der Waals surface area contributed by atoms with Crippen molar-refractivity contribution in [2.75, 3.05) is 24.8 Å². The van der Waals surface area contributed by atoms with E-state index in [0.29, 0.717) is 12.0 Å². The topological polar surface area (TPSA) is 97.1 Å². The van der Waals surface area contributed by atoms with Gasteiger partial charge < -0.3 is 11.5 Å². The lowest BCUT2D eigenvalue weighted by atomic mass is 10.1. The number of hydrogen-bond acceptors (Lipinski definition) is 6. The fourth-order valence-electron chi connectivity index (χ4n) is 1.42. The number of aldehydes is 1. The van der Waals surface area contributed by atoms with Gasteiger partial charge in [-0.05, 0) is 34.1 Å². The van der Waals surface area contributed by atoms with Crippen molar-refractivity contribution < 1.29 is 4.79 Å². The first-order chi connectivity index (χ1) is 9.90. The molecule has 0 unspecified atom stereocenters. The first-order valence-electron chi connectivity index (χ1n) is 5.81. The summed E-state index contributed by atoms with van der Waals surface area (Å²) in [5.74, 6) is 0. The molecule has 0 aromatic heterocycles. The molecule has 112 valence electrons. The van der Waals surface area contributed by atoms with E-state index in [4.69, 9.17) is 23.1 Å². The molecule has 0 bridgehead atoms. The van der Waals surface area contributed by atoms with Gasteiger partial charge in [-0.3, -0.25) is 14.8 Å². The number of anilines is 2. The number of benzene rings is 1. The fraction of sp³-hybridized carbons (Fsp3) is 0.154. The summed E-state index contributed by atoms with van der Waals surface area (Å²) in [5.41, 5.74) is 13.7. The van der Waals surface area contributed by atoms with Gasteiger partial charge in [0.15, 0.2) is 10.9 Å². The van der Waals surface area contributed by atoms with Gasteiger partial charge in [0.05, 0.1) is 11.4 Å². The second-order valence-corrected chi connectivity index (χ2v) is 5.15. The van der Waals surface area contributed by atoms with Crippen LogP contribution in [0.3, 0.4) is 0 Å². The number of carbonyl (C=O) groups excluding carboxylic acids is 1. The highest BCUT2D eigenvalue weighted by Gasteiger charge is 2.08. The molecule has 0 radical (unpaired) electrons. The van der Waals surface area contributed by atoms with Crippen LogP contribution in [0.25, 0.3) is 0 Å². The third-order valence-corrected chi connectivity index (χ3v) is 3.41. The van der Waals surface area contributed by atoms with Gasteiger partial charge >= 0.3 is 0 Å². The molecule has 0 amide bonds. The fourth-order valence-corrected chi connectivity index (χ4v) is 2.07. The zero-order chi connectivity index (χ0) is 16.0. The summed E-state index contributed by atoms with van der Waals surface area (Å²) in [4.78, 5) is 14.5. The van der Waals surface area contributed by atoms with Gasteiger partial charge in [0.1, 0.15) is 5.03 Å². The minimum atomic E-state index is -0.116. The van der Waals surface area contributed by atoms with Crippen LogP contribution in [0, 0.1) is 0 Å². The maximum Gasteiger partial charge on any atom is 0.163 e. The summed E-state index contributed by atoms with van der Waals surface area (Å²) in [6.07, 6.45) is 2.11. The molecule has 0 fully saturated rings. The molecule has 1 aromatic carbocycles. The molecule has 0 atom stereocenters. The molecule has 0 heterocycles. The summed E-state index contributed by atoms with van der Waals surface area (Å²) < 4.78 is 0.254. The van der Waals surface area contributed by atoms with E-state index in [1.807, 2.05) is 6.07 Å². The number of halogens is 2. The smallest absolute Gasteiger partial charge is 0.163 e. The van der Waals surface area contributed by atoms with Crippen LogP contribution in [-0.2, 0) is 4.79 Å². The van der Waals surface area contributed by atoms with Crippen molar-refractivity contribution >= 4 is 56.0 Å². The van der Waals surface area contributed by atoms with Crippen molar-refractivity contribution in [3.8, 4) is 0 Å². The van der Waals surface area contributed by atoms with E-state index in [1.54, 1.807) is 37.5 Å². The number of nitrogens with zero attached hydrogens (tertiary/aromatic N) is 3. The second kappa shape index (κ2) is 7.80. The van der Waals surface area contributed by atoms with Gasteiger partial charge in [-0.15, -0.1) is 0 Å². The van der Waals surface area contributed by atoms with Crippen molar-refractivity contribution in [1.29, 1.82) is 0 Å². The molecule has 0 aliphatic rings. The number of aliphatic imine (C=N–C) groups is 1. The molecule has 0 aliphatic carbocycles. The molecule has 21 heavy (non-hydrogen) atoms. The molecule has 4 N–H and O–H groups in total. The average Bonchev–Trinajstić information content (AvgIpc) is 2.47. The summed E-state index contributed by atoms with van der Waals surface area (Å²) in [6, 6.07) is 5.38. The third kappa shape index (κ3) is 4.57. The van der Waals surface area contributed by atoms with Crippen molar-refractivity contribution in [3.63, 3.8) is 0 Å². The van der Waals surface area contributed by atoms with E-state index in [1.165, 1.54) is 0 Å². The molecule has 6 nitrogen and oxygen atoms in total. The molecule has 8 heteroatoms. The Bertz CT molecular complexity index is 627. The highest BCUT2D eigenvalue weighted by atomic mass is 79.9. The van der Waals surface area contributed by atoms with Crippen LogP contribution < -0.4 is 16.5 Å². The van der Waals surface area contributed by atoms with Crippen molar-refractivity contribution in [3.05, 3.63) is 34.5 Å². The van der Waals surface area contributed by atoms with Crippen LogP contribution in [0.4, 0.5) is 11.4 Å². The summed E-state index contributed by atoms with van der Waals surface area (Å²) in [5, 5.41) is 5.65. The molecule has 1 aromatic rings. The number of nitrogen functional groups attached to an aromatic ring is 1. The first-order valence-corrected chi connectivity index (χ1v) is 6.98. The SMILES string of the molecule is CN=Cc1cc(N(C)/N=C(Br)\C(N)=C(\Cl)C=O)ccc1N. The molecule has 0 saturated heterocycles. The standard InChI is InChI=1S/C13H15BrClN5O/c1-18-6-8-5-9(3-4-11(8)16)20(2)19-13(14)12(17)10(15)7-21/h3-7H,16-17H2,1-2H3/b12-10-,18-6?,19-13+. The Morgan fingerprint density at radius 1 is 1.48 bits per heavy atom. The lowest BCUT2D eigenvalue weighted by Crippen LogP contribution is -2.16. The quantitative estimate of drug-likeness (QED) is 0.272. The molecular formula is C13H15BrClN5O. The van der Waals surface area contributed by atoms with Crippen molar-refractivity contribution in [1.82, 2.24) is 0 Å². The number of carbonyl (C=O) groups is 1. The molecular weight excluding hydrogens is 358 g/mol. The number of allylic oxidation sites excluding steroid dienone is 2. The Hall–Kier alpha value is -1.86. The molecule has 0 aliphatic heterocycles. The van der Waals surface area contributed by atoms with Crippen LogP contribution in [0.5, 0.6) is 0 Å². The van der Waals surface area contributed by atoms with E-state index in [9.17, 15) is 4.79 Å². The Kier molecular flexibility index (Phi) is 6.39.